The Morgan fingerprint density at radius 3 is 1.94 bits per heavy atom. The summed E-state index contributed by atoms with van der Waals surface area (Å²) in [5.74, 6) is 2.04. The van der Waals surface area contributed by atoms with Crippen molar-refractivity contribution in [2.45, 2.75) is 20.8 Å². The molecule has 194 valence electrons. The van der Waals surface area contributed by atoms with Gasteiger partial charge in [0.2, 0.25) is 0 Å². The molecule has 0 radical (unpaired) electrons. The summed E-state index contributed by atoms with van der Waals surface area (Å²) in [5, 5.41) is 16.5. The number of alkyl halides is 1. The number of hydrogen-bond donors (Lipinski definition) is 0. The van der Waals surface area contributed by atoms with Crippen LogP contribution >= 0.6 is 38.6 Å². The number of halogens is 2. The molecule has 0 saturated heterocycles. The van der Waals surface area contributed by atoms with Crippen molar-refractivity contribution >= 4 is 38.6 Å². The lowest BCUT2D eigenvalue weighted by atomic mass is 10.4. The Morgan fingerprint density at radius 1 is 1.03 bits per heavy atom. The van der Waals surface area contributed by atoms with E-state index < -0.39 is 0 Å². The van der Waals surface area contributed by atoms with E-state index in [1.165, 1.54) is 18.1 Å². The largest absolute Gasteiger partial charge is 1.00 e. The third-order valence-electron chi connectivity index (χ3n) is 4.16. The molecule has 0 bridgehead atoms. The predicted molar refractivity (Wildman–Crippen MR) is 146 cm³/mol. The van der Waals surface area contributed by atoms with Crippen LogP contribution in [0.25, 0.3) is 0 Å². The monoisotopic (exact) mass is 646 g/mol. The van der Waals surface area contributed by atoms with Crippen molar-refractivity contribution in [3.63, 3.8) is 0 Å². The van der Waals surface area contributed by atoms with Crippen LogP contribution in [0.15, 0.2) is 52.6 Å². The van der Waals surface area contributed by atoms with Crippen LogP contribution in [0.5, 0.6) is 11.5 Å². The van der Waals surface area contributed by atoms with Crippen molar-refractivity contribution in [1.29, 1.82) is 5.26 Å². The van der Waals surface area contributed by atoms with Gasteiger partial charge in [0.25, 0.3) is 0 Å². The smallest absolute Gasteiger partial charge is 0.132 e. The molecular formula is C24H34Br2N5O2S2-. The van der Waals surface area contributed by atoms with Crippen LogP contribution in [0.4, 0.5) is 0 Å². The zero-order valence-corrected chi connectivity index (χ0v) is 25.7. The highest BCUT2D eigenvalue weighted by Crippen LogP contribution is 2.22. The molecule has 1 aliphatic rings. The summed E-state index contributed by atoms with van der Waals surface area (Å²) in [6, 6.07) is 1.75. The molecular weight excluding hydrogens is 614 g/mol. The molecule has 0 unspecified atom stereocenters. The van der Waals surface area contributed by atoms with Gasteiger partial charge in [-0.25, -0.2) is 4.98 Å². The number of nitriles is 1. The van der Waals surface area contributed by atoms with Crippen molar-refractivity contribution < 1.29 is 26.5 Å². The van der Waals surface area contributed by atoms with Crippen LogP contribution in [0.1, 0.15) is 18.1 Å². The maximum Gasteiger partial charge on any atom is 0.132 e. The highest BCUT2D eigenvalue weighted by Gasteiger charge is 2.08. The molecule has 0 saturated carbocycles. The first-order valence-electron chi connectivity index (χ1n) is 10.6. The summed E-state index contributed by atoms with van der Waals surface area (Å²) in [6.07, 6.45) is 9.57. The molecule has 0 N–H and O–H groups in total. The minimum Gasteiger partial charge on any atom is -1.00 e. The first-order chi connectivity index (χ1) is 16.4. The minimum absolute atomic E-state index is 0. The highest BCUT2D eigenvalue weighted by atomic mass is 79.9. The highest BCUT2D eigenvalue weighted by molar-refractivity contribution is 9.09. The van der Waals surface area contributed by atoms with Gasteiger partial charge in [0.05, 0.1) is 32.2 Å². The van der Waals surface area contributed by atoms with Gasteiger partial charge in [-0.1, -0.05) is 15.9 Å². The van der Waals surface area contributed by atoms with E-state index in [1.54, 1.807) is 41.3 Å². The second-order valence-corrected chi connectivity index (χ2v) is 9.46. The maximum absolute atomic E-state index is 7.32. The number of aryl methyl sites for hydroxylation is 3. The Bertz CT molecular complexity index is 971. The number of nitrogens with zero attached hydrogens (tertiary/aromatic N) is 5. The standard InChI is InChI=1S/C11H16N2OS.C7H9BrOS.C4H6N2.C2H3N.BrH/c1-10-7-15-8-11(10)14-6-5-13-4-3-12(2)9-13;1-6-4-10-5-7(6)9-3-2-8;1-6-3-2-5-4-6;1-2-3;/h3-4,7-8H,5-6,9H2,1-2H3;4-5H,2-3H2,1H3;2-4H,1H3;1H3;1H/p-1. The van der Waals surface area contributed by atoms with Crippen molar-refractivity contribution in [3.05, 3.63) is 63.8 Å². The fourth-order valence-corrected chi connectivity index (χ4v) is 4.17. The summed E-state index contributed by atoms with van der Waals surface area (Å²) >= 11 is 6.66. The van der Waals surface area contributed by atoms with Crippen molar-refractivity contribution in [3.8, 4) is 17.6 Å². The summed E-state index contributed by atoms with van der Waals surface area (Å²) < 4.78 is 13.0. The topological polar surface area (TPSA) is 66.6 Å². The van der Waals surface area contributed by atoms with Gasteiger partial charge < -0.3 is 40.8 Å². The molecule has 4 rings (SSSR count). The molecule has 35 heavy (non-hydrogen) atoms. The van der Waals surface area contributed by atoms with Crippen LogP contribution in [0.3, 0.4) is 0 Å². The van der Waals surface area contributed by atoms with Crippen LogP contribution in [-0.4, -0.2) is 58.2 Å². The van der Waals surface area contributed by atoms with Crippen LogP contribution in [0, 0.1) is 25.2 Å². The average molecular weight is 649 g/mol. The zero-order chi connectivity index (χ0) is 25.2. The van der Waals surface area contributed by atoms with Gasteiger partial charge in [0, 0.05) is 73.0 Å². The average Bonchev–Trinajstić information content (AvgIpc) is 3.61. The lowest BCUT2D eigenvalue weighted by molar-refractivity contribution is -0.00000831. The molecule has 0 aromatic carbocycles. The normalized spacial score (nSPS) is 11.0. The Hall–Kier alpha value is -2.00. The maximum atomic E-state index is 7.32. The van der Waals surface area contributed by atoms with E-state index in [-0.39, 0.29) is 17.0 Å². The fraction of sp³-hybridized carbons (Fsp3) is 0.417. The Kier molecular flexibility index (Phi) is 19.1. The Morgan fingerprint density at radius 2 is 1.60 bits per heavy atom. The second kappa shape index (κ2) is 20.2. The second-order valence-electron chi connectivity index (χ2n) is 7.18. The third-order valence-corrected chi connectivity index (χ3v) is 6.16. The van der Waals surface area contributed by atoms with E-state index in [4.69, 9.17) is 14.7 Å². The third kappa shape index (κ3) is 14.9. The molecule has 1 aliphatic heterocycles. The zero-order valence-electron chi connectivity index (χ0n) is 20.9. The van der Waals surface area contributed by atoms with Gasteiger partial charge in [-0.05, 0) is 24.6 Å². The number of aromatic nitrogens is 2. The van der Waals surface area contributed by atoms with Gasteiger partial charge >= 0.3 is 0 Å². The number of imidazole rings is 1. The fourth-order valence-electron chi connectivity index (χ4n) is 2.47. The Labute approximate surface area is 236 Å². The van der Waals surface area contributed by atoms with E-state index in [1.807, 2.05) is 23.2 Å². The molecule has 11 heteroatoms. The van der Waals surface area contributed by atoms with Crippen molar-refractivity contribution in [1.82, 2.24) is 19.4 Å². The van der Waals surface area contributed by atoms with E-state index in [9.17, 15) is 0 Å². The van der Waals surface area contributed by atoms with E-state index in [2.05, 4.69) is 80.1 Å². The molecule has 3 aromatic heterocycles. The van der Waals surface area contributed by atoms with Crippen molar-refractivity contribution in [2.75, 3.05) is 38.8 Å². The van der Waals surface area contributed by atoms with Gasteiger partial charge in [-0.15, -0.1) is 22.7 Å². The molecule has 4 heterocycles. The van der Waals surface area contributed by atoms with Gasteiger partial charge in [0.1, 0.15) is 18.1 Å². The first kappa shape index (κ1) is 33.0. The summed E-state index contributed by atoms with van der Waals surface area (Å²) in [6.45, 7) is 8.96. The molecule has 0 spiro atoms. The van der Waals surface area contributed by atoms with Gasteiger partial charge in [-0.3, -0.25) is 0 Å². The van der Waals surface area contributed by atoms with Crippen LogP contribution in [-0.2, 0) is 7.05 Å². The quantitative estimate of drug-likeness (QED) is 0.368. The number of thiophene rings is 2. The van der Waals surface area contributed by atoms with Gasteiger partial charge in [-0.2, -0.15) is 5.26 Å². The molecule has 7 nitrogen and oxygen atoms in total. The number of ether oxygens (including phenoxy) is 2. The van der Waals surface area contributed by atoms with Crippen LogP contribution in [0.2, 0.25) is 0 Å². The Balaban J connectivity index is 0.000000500. The number of hydrogen-bond acceptors (Lipinski definition) is 8. The molecule has 0 amide bonds. The van der Waals surface area contributed by atoms with Crippen molar-refractivity contribution in [2.24, 2.45) is 7.05 Å². The van der Waals surface area contributed by atoms with Crippen LogP contribution < -0.4 is 26.5 Å². The summed E-state index contributed by atoms with van der Waals surface area (Å²) in [7, 11) is 4.01. The molecule has 0 aliphatic carbocycles. The summed E-state index contributed by atoms with van der Waals surface area (Å²) in [5.41, 5.74) is 2.46. The lowest BCUT2D eigenvalue weighted by Crippen LogP contribution is -3.00. The first-order valence-corrected chi connectivity index (χ1v) is 13.6. The minimum atomic E-state index is 0. The predicted octanol–water partition coefficient (Wildman–Crippen LogP) is 2.90. The SMILES string of the molecule is CC#N.Cc1cscc1OCCBr.Cc1cscc1OCCN1C=CN(C)C1.Cn1ccnc1.[Br-]. The van der Waals surface area contributed by atoms with E-state index in [0.717, 1.165) is 43.3 Å². The van der Waals surface area contributed by atoms with E-state index in [0.29, 0.717) is 0 Å². The number of rotatable bonds is 7. The molecule has 3 aromatic rings. The van der Waals surface area contributed by atoms with E-state index >= 15 is 0 Å². The summed E-state index contributed by atoms with van der Waals surface area (Å²) in [4.78, 5) is 8.17. The molecule has 0 atom stereocenters. The van der Waals surface area contributed by atoms with Gasteiger partial charge in [0.15, 0.2) is 0 Å². The molecule has 0 fully saturated rings. The lowest BCUT2D eigenvalue weighted by Gasteiger charge is -2.18.